The van der Waals surface area contributed by atoms with Gasteiger partial charge in [0.05, 0.1) is 6.10 Å². The van der Waals surface area contributed by atoms with Gasteiger partial charge >= 0.3 is 0 Å². The average Bonchev–Trinajstić information content (AvgIpc) is 3.17. The number of rotatable bonds is 5. The second-order valence-corrected chi connectivity index (χ2v) is 7.10. The van der Waals surface area contributed by atoms with Crippen molar-refractivity contribution < 1.29 is 9.90 Å². The van der Waals surface area contributed by atoms with Crippen LogP contribution in [0.5, 0.6) is 0 Å². The lowest BCUT2D eigenvalue weighted by atomic mass is 9.90. The summed E-state index contributed by atoms with van der Waals surface area (Å²) in [5, 5.41) is 12.4. The summed E-state index contributed by atoms with van der Waals surface area (Å²) in [5.41, 5.74) is 0. The van der Waals surface area contributed by atoms with Crippen molar-refractivity contribution >= 4 is 17.2 Å². The summed E-state index contributed by atoms with van der Waals surface area (Å²) in [6.45, 7) is 4.86. The van der Waals surface area contributed by atoms with E-state index in [4.69, 9.17) is 0 Å². The summed E-state index contributed by atoms with van der Waals surface area (Å²) < 4.78 is 0. The second kappa shape index (κ2) is 6.90. The van der Waals surface area contributed by atoms with E-state index in [1.165, 1.54) is 0 Å². The molecule has 0 radical (unpaired) electrons. The van der Waals surface area contributed by atoms with Crippen LogP contribution in [0, 0.1) is 5.92 Å². The van der Waals surface area contributed by atoms with Gasteiger partial charge in [0.2, 0.25) is 5.91 Å². The quantitative estimate of drug-likeness (QED) is 0.906. The molecule has 116 valence electrons. The maximum Gasteiger partial charge on any atom is 0.222 e. The summed E-state index contributed by atoms with van der Waals surface area (Å²) in [5.74, 6) is 0.700. The van der Waals surface area contributed by atoms with Crippen LogP contribution < -0.4 is 0 Å². The van der Waals surface area contributed by atoms with E-state index in [2.05, 4.69) is 4.90 Å². The third-order valence-electron chi connectivity index (χ3n) is 4.77. The predicted molar refractivity (Wildman–Crippen MR) is 84.3 cm³/mol. The zero-order valence-electron chi connectivity index (χ0n) is 12.4. The molecule has 3 heterocycles. The Morgan fingerprint density at radius 1 is 1.29 bits per heavy atom. The minimum atomic E-state index is -0.299. The largest absolute Gasteiger partial charge is 0.387 e. The summed E-state index contributed by atoms with van der Waals surface area (Å²) in [6.07, 6.45) is 3.55. The Morgan fingerprint density at radius 2 is 2.10 bits per heavy atom. The molecule has 1 aromatic rings. The zero-order valence-corrected chi connectivity index (χ0v) is 13.2. The molecule has 5 heteroatoms. The number of hydrogen-bond donors (Lipinski definition) is 1. The number of aliphatic hydroxyl groups is 1. The molecule has 1 aromatic heterocycles. The van der Waals surface area contributed by atoms with Crippen molar-refractivity contribution in [2.75, 3.05) is 32.7 Å². The standard InChI is InChI=1S/C16H24N2O2S/c19-15-4-1-7-18(15)11-10-17-8-5-13(6-9-17)16(20)14-3-2-12-21-14/h2-3,12-13,16,20H,1,4-11H2. The van der Waals surface area contributed by atoms with Crippen molar-refractivity contribution in [1.82, 2.24) is 9.80 Å². The highest BCUT2D eigenvalue weighted by Gasteiger charge is 2.27. The molecule has 1 atom stereocenters. The third-order valence-corrected chi connectivity index (χ3v) is 5.71. The topological polar surface area (TPSA) is 43.8 Å². The maximum atomic E-state index is 11.6. The number of likely N-dealkylation sites (tertiary alicyclic amines) is 2. The van der Waals surface area contributed by atoms with Crippen molar-refractivity contribution in [1.29, 1.82) is 0 Å². The normalized spacial score (nSPS) is 22.9. The van der Waals surface area contributed by atoms with E-state index < -0.39 is 0 Å². The van der Waals surface area contributed by atoms with Crippen LogP contribution in [0.2, 0.25) is 0 Å². The molecule has 21 heavy (non-hydrogen) atoms. The molecule has 2 fully saturated rings. The van der Waals surface area contributed by atoms with Crippen LogP contribution in [0.3, 0.4) is 0 Å². The molecule has 0 saturated carbocycles. The van der Waals surface area contributed by atoms with Crippen LogP contribution in [0.15, 0.2) is 17.5 Å². The Bertz CT molecular complexity index is 455. The van der Waals surface area contributed by atoms with Crippen molar-refractivity contribution in [2.45, 2.75) is 31.8 Å². The first-order valence-electron chi connectivity index (χ1n) is 7.95. The van der Waals surface area contributed by atoms with E-state index >= 15 is 0 Å². The molecule has 1 unspecified atom stereocenters. The molecular weight excluding hydrogens is 284 g/mol. The minimum Gasteiger partial charge on any atom is -0.387 e. The zero-order chi connectivity index (χ0) is 14.7. The molecule has 0 spiro atoms. The van der Waals surface area contributed by atoms with Gasteiger partial charge in [-0.05, 0) is 49.7 Å². The molecule has 0 aliphatic carbocycles. The van der Waals surface area contributed by atoms with Crippen LogP contribution in [-0.2, 0) is 4.79 Å². The van der Waals surface area contributed by atoms with E-state index in [0.717, 1.165) is 63.3 Å². The Balaban J connectivity index is 1.41. The number of carbonyl (C=O) groups is 1. The van der Waals surface area contributed by atoms with Gasteiger partial charge in [0.1, 0.15) is 0 Å². The Kier molecular flexibility index (Phi) is 4.93. The summed E-state index contributed by atoms with van der Waals surface area (Å²) in [4.78, 5) is 17.1. The first-order valence-corrected chi connectivity index (χ1v) is 8.83. The molecular formula is C16H24N2O2S. The monoisotopic (exact) mass is 308 g/mol. The van der Waals surface area contributed by atoms with Crippen molar-refractivity contribution in [3.63, 3.8) is 0 Å². The lowest BCUT2D eigenvalue weighted by Gasteiger charge is -2.34. The van der Waals surface area contributed by atoms with Crippen LogP contribution in [0.1, 0.15) is 36.7 Å². The molecule has 2 aliphatic heterocycles. The molecule has 2 aliphatic rings. The predicted octanol–water partition coefficient (Wildman–Crippen LogP) is 2.12. The number of hydrogen-bond acceptors (Lipinski definition) is 4. The second-order valence-electron chi connectivity index (χ2n) is 6.12. The lowest BCUT2D eigenvalue weighted by Crippen LogP contribution is -2.40. The number of aliphatic hydroxyl groups excluding tert-OH is 1. The van der Waals surface area contributed by atoms with Gasteiger partial charge in [0, 0.05) is 30.9 Å². The van der Waals surface area contributed by atoms with Crippen molar-refractivity contribution in [2.24, 2.45) is 5.92 Å². The molecule has 2 saturated heterocycles. The molecule has 0 aromatic carbocycles. The number of piperidine rings is 1. The first kappa shape index (κ1) is 15.0. The molecule has 0 bridgehead atoms. The van der Waals surface area contributed by atoms with Gasteiger partial charge in [-0.3, -0.25) is 4.79 Å². The van der Waals surface area contributed by atoms with Gasteiger partial charge in [-0.1, -0.05) is 6.07 Å². The highest BCUT2D eigenvalue weighted by molar-refractivity contribution is 7.10. The van der Waals surface area contributed by atoms with Crippen molar-refractivity contribution in [3.8, 4) is 0 Å². The Morgan fingerprint density at radius 3 is 2.71 bits per heavy atom. The first-order chi connectivity index (χ1) is 10.2. The van der Waals surface area contributed by atoms with Gasteiger partial charge in [-0.15, -0.1) is 11.3 Å². The van der Waals surface area contributed by atoms with Gasteiger partial charge in [-0.2, -0.15) is 0 Å². The van der Waals surface area contributed by atoms with Gasteiger partial charge in [0.25, 0.3) is 0 Å². The third kappa shape index (κ3) is 3.65. The number of thiophene rings is 1. The van der Waals surface area contributed by atoms with Gasteiger partial charge in [-0.25, -0.2) is 0 Å². The highest BCUT2D eigenvalue weighted by atomic mass is 32.1. The molecule has 1 N–H and O–H groups in total. The average molecular weight is 308 g/mol. The Labute approximate surface area is 130 Å². The van der Waals surface area contributed by atoms with Gasteiger partial charge < -0.3 is 14.9 Å². The highest BCUT2D eigenvalue weighted by Crippen LogP contribution is 2.32. The summed E-state index contributed by atoms with van der Waals surface area (Å²) in [6, 6.07) is 4.03. The number of nitrogens with zero attached hydrogens (tertiary/aromatic N) is 2. The number of amides is 1. The molecule has 1 amide bonds. The fourth-order valence-corrected chi connectivity index (χ4v) is 4.19. The Hall–Kier alpha value is -0.910. The van der Waals surface area contributed by atoms with Crippen molar-refractivity contribution in [3.05, 3.63) is 22.4 Å². The number of carbonyl (C=O) groups excluding carboxylic acids is 1. The van der Waals surface area contributed by atoms with Crippen LogP contribution in [-0.4, -0.2) is 53.5 Å². The van der Waals surface area contributed by atoms with Crippen LogP contribution in [0.4, 0.5) is 0 Å². The summed E-state index contributed by atoms with van der Waals surface area (Å²) >= 11 is 1.65. The lowest BCUT2D eigenvalue weighted by molar-refractivity contribution is -0.127. The van der Waals surface area contributed by atoms with Gasteiger partial charge in [0.15, 0.2) is 0 Å². The van der Waals surface area contributed by atoms with E-state index in [1.807, 2.05) is 22.4 Å². The fourth-order valence-electron chi connectivity index (χ4n) is 3.39. The van der Waals surface area contributed by atoms with Crippen LogP contribution in [0.25, 0.3) is 0 Å². The van der Waals surface area contributed by atoms with Crippen LogP contribution >= 0.6 is 11.3 Å². The minimum absolute atomic E-state index is 0.299. The smallest absolute Gasteiger partial charge is 0.222 e. The van der Waals surface area contributed by atoms with E-state index in [-0.39, 0.29) is 6.10 Å². The summed E-state index contributed by atoms with van der Waals surface area (Å²) in [7, 11) is 0. The van der Waals surface area contributed by atoms with E-state index in [1.54, 1.807) is 11.3 Å². The molecule has 3 rings (SSSR count). The maximum absolute atomic E-state index is 11.6. The SMILES string of the molecule is O=C1CCCN1CCN1CCC(C(O)c2cccs2)CC1. The fraction of sp³-hybridized carbons (Fsp3) is 0.688. The molecule has 4 nitrogen and oxygen atoms in total. The van der Waals surface area contributed by atoms with E-state index in [0.29, 0.717) is 11.8 Å². The van der Waals surface area contributed by atoms with E-state index in [9.17, 15) is 9.90 Å².